The fourth-order valence-corrected chi connectivity index (χ4v) is 2.68. The monoisotopic (exact) mass is 242 g/mol. The van der Waals surface area contributed by atoms with Gasteiger partial charge in [0.2, 0.25) is 0 Å². The molecule has 0 bridgehead atoms. The first-order chi connectivity index (χ1) is 8.88. The molecular weight excluding hydrogens is 224 g/mol. The maximum absolute atomic E-state index is 4.18. The highest BCUT2D eigenvalue weighted by atomic mass is 15.2. The van der Waals surface area contributed by atoms with Gasteiger partial charge >= 0.3 is 0 Å². The quantitative estimate of drug-likeness (QED) is 0.872. The van der Waals surface area contributed by atoms with Crippen molar-refractivity contribution in [1.29, 1.82) is 0 Å². The Balaban J connectivity index is 1.98. The van der Waals surface area contributed by atoms with Gasteiger partial charge in [-0.2, -0.15) is 10.2 Å². The third-order valence-corrected chi connectivity index (χ3v) is 3.70. The van der Waals surface area contributed by atoms with E-state index in [2.05, 4.69) is 32.5 Å². The summed E-state index contributed by atoms with van der Waals surface area (Å²) in [5.41, 5.74) is 2.18. The van der Waals surface area contributed by atoms with Crippen LogP contribution < -0.4 is 10.2 Å². The van der Waals surface area contributed by atoms with E-state index in [4.69, 9.17) is 0 Å². The van der Waals surface area contributed by atoms with Crippen LogP contribution in [-0.4, -0.2) is 36.4 Å². The van der Waals surface area contributed by atoms with Gasteiger partial charge in [0.25, 0.3) is 0 Å². The highest BCUT2D eigenvalue weighted by Crippen LogP contribution is 2.26. The van der Waals surface area contributed by atoms with E-state index in [1.807, 2.05) is 25.4 Å². The summed E-state index contributed by atoms with van der Waals surface area (Å²) in [6.45, 7) is 2.15. The summed E-state index contributed by atoms with van der Waals surface area (Å²) in [6, 6.07) is 8.79. The predicted molar refractivity (Wildman–Crippen MR) is 73.8 cm³/mol. The van der Waals surface area contributed by atoms with Crippen molar-refractivity contribution in [2.45, 2.75) is 18.9 Å². The van der Waals surface area contributed by atoms with Gasteiger partial charge in [0.1, 0.15) is 0 Å². The van der Waals surface area contributed by atoms with Gasteiger partial charge in [0, 0.05) is 24.5 Å². The molecule has 2 aromatic rings. The van der Waals surface area contributed by atoms with E-state index >= 15 is 0 Å². The second-order valence-electron chi connectivity index (χ2n) is 4.82. The van der Waals surface area contributed by atoms with Crippen LogP contribution in [0.2, 0.25) is 0 Å². The van der Waals surface area contributed by atoms with Crippen molar-refractivity contribution in [3.8, 4) is 0 Å². The Morgan fingerprint density at radius 2 is 2.22 bits per heavy atom. The largest absolute Gasteiger partial charge is 0.368 e. The van der Waals surface area contributed by atoms with Crippen molar-refractivity contribution in [2.24, 2.45) is 0 Å². The Bertz CT molecular complexity index is 535. The topological polar surface area (TPSA) is 41.0 Å². The first kappa shape index (κ1) is 11.4. The number of rotatable bonds is 2. The number of nitrogens with one attached hydrogen (secondary N) is 1. The average molecular weight is 242 g/mol. The van der Waals surface area contributed by atoms with Gasteiger partial charge in [-0.05, 0) is 26.0 Å². The van der Waals surface area contributed by atoms with Crippen molar-refractivity contribution >= 4 is 16.6 Å². The highest BCUT2D eigenvalue weighted by Gasteiger charge is 2.20. The number of fused-ring (bicyclic) bond motifs is 1. The summed E-state index contributed by atoms with van der Waals surface area (Å²) in [5.74, 6) is 0. The van der Waals surface area contributed by atoms with Crippen LogP contribution in [0.5, 0.6) is 0 Å². The molecule has 1 aromatic carbocycles. The molecule has 0 spiro atoms. The summed E-state index contributed by atoms with van der Waals surface area (Å²) in [7, 11) is 2.04. The summed E-state index contributed by atoms with van der Waals surface area (Å²) in [6.07, 6.45) is 4.37. The minimum Gasteiger partial charge on any atom is -0.368 e. The van der Waals surface area contributed by atoms with Crippen molar-refractivity contribution in [3.63, 3.8) is 0 Å². The normalized spacial score (nSPS) is 20.3. The molecule has 2 heterocycles. The standard InChI is InChI=1S/C14H18N4/c1-15-11-5-4-8-18(10-11)14-9-16-17-13-7-3-2-6-12(13)14/h2-3,6-7,9,11,15H,4-5,8,10H2,1H3. The second kappa shape index (κ2) is 4.90. The molecule has 1 unspecified atom stereocenters. The van der Waals surface area contributed by atoms with E-state index in [-0.39, 0.29) is 0 Å². The molecular formula is C14H18N4. The molecule has 0 radical (unpaired) electrons. The lowest BCUT2D eigenvalue weighted by atomic mass is 10.0. The molecule has 1 saturated heterocycles. The zero-order chi connectivity index (χ0) is 12.4. The molecule has 1 aromatic heterocycles. The van der Waals surface area contributed by atoms with Crippen LogP contribution in [0.4, 0.5) is 5.69 Å². The van der Waals surface area contributed by atoms with Crippen LogP contribution in [0.25, 0.3) is 10.9 Å². The smallest absolute Gasteiger partial charge is 0.0950 e. The van der Waals surface area contributed by atoms with E-state index in [1.165, 1.54) is 23.9 Å². The van der Waals surface area contributed by atoms with Gasteiger partial charge in [0.15, 0.2) is 0 Å². The lowest BCUT2D eigenvalue weighted by molar-refractivity contribution is 0.450. The molecule has 1 atom stereocenters. The number of nitrogens with zero attached hydrogens (tertiary/aromatic N) is 3. The Morgan fingerprint density at radius 1 is 1.33 bits per heavy atom. The number of hydrogen-bond acceptors (Lipinski definition) is 4. The van der Waals surface area contributed by atoms with Gasteiger partial charge in [-0.3, -0.25) is 0 Å². The molecule has 0 saturated carbocycles. The van der Waals surface area contributed by atoms with E-state index in [9.17, 15) is 0 Å². The first-order valence-electron chi connectivity index (χ1n) is 6.51. The molecule has 0 aliphatic carbocycles. The van der Waals surface area contributed by atoms with Crippen LogP contribution >= 0.6 is 0 Å². The summed E-state index contributed by atoms with van der Waals surface area (Å²) in [4.78, 5) is 2.42. The predicted octanol–water partition coefficient (Wildman–Crippen LogP) is 1.82. The van der Waals surface area contributed by atoms with Crippen molar-refractivity contribution in [2.75, 3.05) is 25.0 Å². The second-order valence-corrected chi connectivity index (χ2v) is 4.82. The molecule has 1 aliphatic heterocycles. The minimum atomic E-state index is 0.575. The SMILES string of the molecule is CNC1CCCN(c2cnnc3ccccc23)C1. The van der Waals surface area contributed by atoms with Gasteiger partial charge in [0.05, 0.1) is 17.4 Å². The van der Waals surface area contributed by atoms with Gasteiger partial charge in [-0.25, -0.2) is 0 Å². The van der Waals surface area contributed by atoms with Crippen LogP contribution in [0.1, 0.15) is 12.8 Å². The molecule has 1 N–H and O–H groups in total. The first-order valence-corrected chi connectivity index (χ1v) is 6.51. The Morgan fingerprint density at radius 3 is 3.11 bits per heavy atom. The zero-order valence-corrected chi connectivity index (χ0v) is 10.6. The van der Waals surface area contributed by atoms with Crippen molar-refractivity contribution in [3.05, 3.63) is 30.5 Å². The number of benzene rings is 1. The maximum atomic E-state index is 4.18. The van der Waals surface area contributed by atoms with E-state index in [1.54, 1.807) is 0 Å². The molecule has 1 fully saturated rings. The lowest BCUT2D eigenvalue weighted by Crippen LogP contribution is -2.44. The molecule has 0 amide bonds. The van der Waals surface area contributed by atoms with Crippen LogP contribution in [0, 0.1) is 0 Å². The third-order valence-electron chi connectivity index (χ3n) is 3.70. The molecule has 1 aliphatic rings. The highest BCUT2D eigenvalue weighted by molar-refractivity contribution is 5.90. The Hall–Kier alpha value is -1.68. The number of anilines is 1. The minimum absolute atomic E-state index is 0.575. The molecule has 18 heavy (non-hydrogen) atoms. The third kappa shape index (κ3) is 2.04. The fraction of sp³-hybridized carbons (Fsp3) is 0.429. The van der Waals surface area contributed by atoms with Gasteiger partial charge in [-0.1, -0.05) is 18.2 Å². The zero-order valence-electron chi connectivity index (χ0n) is 10.6. The molecule has 94 valence electrons. The molecule has 3 rings (SSSR count). The number of piperidine rings is 1. The Labute approximate surface area is 107 Å². The fourth-order valence-electron chi connectivity index (χ4n) is 2.68. The van der Waals surface area contributed by atoms with Crippen LogP contribution in [0.15, 0.2) is 30.5 Å². The van der Waals surface area contributed by atoms with Crippen molar-refractivity contribution in [1.82, 2.24) is 15.5 Å². The number of aromatic nitrogens is 2. The van der Waals surface area contributed by atoms with Gasteiger partial charge in [-0.15, -0.1) is 0 Å². The van der Waals surface area contributed by atoms with E-state index in [0.29, 0.717) is 6.04 Å². The number of hydrogen-bond donors (Lipinski definition) is 1. The summed E-state index contributed by atoms with van der Waals surface area (Å²) in [5, 5.41) is 12.9. The van der Waals surface area contributed by atoms with E-state index < -0.39 is 0 Å². The number of likely N-dealkylation sites (N-methyl/N-ethyl adjacent to an activating group) is 1. The maximum Gasteiger partial charge on any atom is 0.0950 e. The lowest BCUT2D eigenvalue weighted by Gasteiger charge is -2.34. The molecule has 4 nitrogen and oxygen atoms in total. The van der Waals surface area contributed by atoms with Gasteiger partial charge < -0.3 is 10.2 Å². The average Bonchev–Trinajstić information content (AvgIpc) is 2.47. The van der Waals surface area contributed by atoms with Crippen molar-refractivity contribution < 1.29 is 0 Å². The summed E-state index contributed by atoms with van der Waals surface area (Å²) < 4.78 is 0. The van der Waals surface area contributed by atoms with E-state index in [0.717, 1.165) is 18.6 Å². The Kier molecular flexibility index (Phi) is 3.11. The summed E-state index contributed by atoms with van der Waals surface area (Å²) >= 11 is 0. The van der Waals surface area contributed by atoms with Crippen LogP contribution in [0.3, 0.4) is 0 Å². The van der Waals surface area contributed by atoms with Crippen LogP contribution in [-0.2, 0) is 0 Å². The molecule has 4 heteroatoms.